The van der Waals surface area contributed by atoms with E-state index in [1.54, 1.807) is 0 Å². The fourth-order valence-corrected chi connectivity index (χ4v) is 2.77. The van der Waals surface area contributed by atoms with E-state index in [-0.39, 0.29) is 11.3 Å². The van der Waals surface area contributed by atoms with Crippen LogP contribution in [0.5, 0.6) is 34.5 Å². The summed E-state index contributed by atoms with van der Waals surface area (Å²) in [5, 5.41) is 50.1. The Morgan fingerprint density at radius 2 is 1.25 bits per heavy atom. The summed E-state index contributed by atoms with van der Waals surface area (Å²) in [5.41, 5.74) is -2.52. The maximum absolute atomic E-state index is 12.7. The van der Waals surface area contributed by atoms with E-state index < -0.39 is 62.6 Å². The molecule has 0 heterocycles. The maximum Gasteiger partial charge on any atom is 0.202 e. The Morgan fingerprint density at radius 3 is 1.83 bits per heavy atom. The second-order valence-electron chi connectivity index (χ2n) is 5.28. The number of phenolic OH excluding ortho intramolecular Hbond substituents is 5. The molecule has 0 atom stereocenters. The second kappa shape index (κ2) is 4.79. The lowest BCUT2D eigenvalue weighted by atomic mass is 9.80. The molecule has 1 aliphatic carbocycles. The van der Waals surface area contributed by atoms with Crippen molar-refractivity contribution < 1.29 is 39.9 Å². The van der Waals surface area contributed by atoms with Gasteiger partial charge >= 0.3 is 0 Å². The molecular formula is C16H12O8. The number of ether oxygens (including phenoxy) is 1. The smallest absolute Gasteiger partial charge is 0.202 e. The van der Waals surface area contributed by atoms with E-state index in [1.807, 2.05) is 0 Å². The average Bonchev–Trinajstić information content (AvgIpc) is 2.55. The topological polar surface area (TPSA) is 145 Å². The number of ketones is 2. The fraction of sp³-hybridized carbons (Fsp3) is 0.125. The maximum atomic E-state index is 12.7. The predicted octanol–water partition coefficient (Wildman–Crippen LogP) is 1.31. The Morgan fingerprint density at radius 1 is 0.750 bits per heavy atom. The molecule has 0 spiro atoms. The Labute approximate surface area is 134 Å². The van der Waals surface area contributed by atoms with Gasteiger partial charge in [0.2, 0.25) is 11.6 Å². The van der Waals surface area contributed by atoms with E-state index in [2.05, 4.69) is 0 Å². The zero-order valence-electron chi connectivity index (χ0n) is 12.5. The summed E-state index contributed by atoms with van der Waals surface area (Å²) in [5.74, 6) is -5.95. The minimum absolute atomic E-state index is 0.206. The van der Waals surface area contributed by atoms with Crippen LogP contribution in [0, 0.1) is 6.92 Å². The average molecular weight is 332 g/mol. The number of benzene rings is 2. The number of fused-ring (bicyclic) bond motifs is 2. The van der Waals surface area contributed by atoms with E-state index in [1.165, 1.54) is 14.0 Å². The number of hydrogen-bond acceptors (Lipinski definition) is 8. The van der Waals surface area contributed by atoms with Crippen LogP contribution in [0.4, 0.5) is 0 Å². The Balaban J connectivity index is 2.48. The molecule has 0 radical (unpaired) electrons. The molecule has 0 saturated carbocycles. The molecule has 8 heteroatoms. The van der Waals surface area contributed by atoms with Gasteiger partial charge in [0, 0.05) is 11.6 Å². The van der Waals surface area contributed by atoms with Crippen molar-refractivity contribution in [3.05, 3.63) is 33.9 Å². The molecule has 1 aliphatic rings. The summed E-state index contributed by atoms with van der Waals surface area (Å²) >= 11 is 0. The monoisotopic (exact) mass is 332 g/mol. The van der Waals surface area contributed by atoms with Gasteiger partial charge in [-0.3, -0.25) is 9.59 Å². The lowest BCUT2D eigenvalue weighted by Crippen LogP contribution is -2.22. The second-order valence-corrected chi connectivity index (χ2v) is 5.28. The molecule has 124 valence electrons. The van der Waals surface area contributed by atoms with E-state index >= 15 is 0 Å². The van der Waals surface area contributed by atoms with Gasteiger partial charge in [0.1, 0.15) is 11.5 Å². The molecule has 0 amide bonds. The molecular weight excluding hydrogens is 320 g/mol. The summed E-state index contributed by atoms with van der Waals surface area (Å²) in [4.78, 5) is 25.3. The van der Waals surface area contributed by atoms with Gasteiger partial charge in [0.05, 0.1) is 29.4 Å². The minimum atomic E-state index is -1.03. The Hall–Kier alpha value is -3.42. The highest BCUT2D eigenvalue weighted by molar-refractivity contribution is 6.32. The van der Waals surface area contributed by atoms with Crippen molar-refractivity contribution in [1.82, 2.24) is 0 Å². The standard InChI is InChI=1S/C16H12O8/c1-4-11(18)9-10(16(23)12(4)19)14(21)7-5(17)3-6(24-2)13(20)8(7)15(9)22/h3,17-20,23H,1-2H3. The van der Waals surface area contributed by atoms with Crippen LogP contribution in [0.1, 0.15) is 37.4 Å². The van der Waals surface area contributed by atoms with Gasteiger partial charge in [-0.25, -0.2) is 0 Å². The van der Waals surface area contributed by atoms with Crippen molar-refractivity contribution >= 4 is 11.6 Å². The summed E-state index contributed by atoms with van der Waals surface area (Å²) in [6, 6.07) is 0.940. The largest absolute Gasteiger partial charge is 0.507 e. The number of rotatable bonds is 1. The third kappa shape index (κ3) is 1.67. The zero-order chi connectivity index (χ0) is 17.9. The molecule has 0 saturated heterocycles. The molecule has 8 nitrogen and oxygen atoms in total. The number of carbonyl (C=O) groups is 2. The summed E-state index contributed by atoms with van der Waals surface area (Å²) in [6.07, 6.45) is 0. The van der Waals surface area contributed by atoms with Crippen molar-refractivity contribution in [2.24, 2.45) is 0 Å². The first-order valence-electron chi connectivity index (χ1n) is 6.72. The Bertz CT molecular complexity index is 942. The normalized spacial score (nSPS) is 12.8. The molecule has 0 aromatic heterocycles. The molecule has 0 bridgehead atoms. The van der Waals surface area contributed by atoms with Crippen molar-refractivity contribution in [3.8, 4) is 34.5 Å². The highest BCUT2D eigenvalue weighted by Crippen LogP contribution is 2.50. The SMILES string of the molecule is COc1cc(O)c2c(c1O)C(=O)c1c(O)c(C)c(O)c(O)c1C2=O. The van der Waals surface area contributed by atoms with Gasteiger partial charge in [0.15, 0.2) is 23.0 Å². The van der Waals surface area contributed by atoms with Crippen LogP contribution < -0.4 is 4.74 Å². The Kier molecular flexibility index (Phi) is 3.09. The summed E-state index contributed by atoms with van der Waals surface area (Å²) in [7, 11) is 1.19. The van der Waals surface area contributed by atoms with E-state index in [9.17, 15) is 35.1 Å². The number of aromatic hydroxyl groups is 5. The third-order valence-corrected chi connectivity index (χ3v) is 4.03. The van der Waals surface area contributed by atoms with Gasteiger partial charge < -0.3 is 30.3 Å². The molecule has 0 unspecified atom stereocenters. The van der Waals surface area contributed by atoms with Crippen LogP contribution in [0.3, 0.4) is 0 Å². The third-order valence-electron chi connectivity index (χ3n) is 4.03. The highest BCUT2D eigenvalue weighted by Gasteiger charge is 2.41. The van der Waals surface area contributed by atoms with Gasteiger partial charge in [-0.1, -0.05) is 0 Å². The zero-order valence-corrected chi connectivity index (χ0v) is 12.5. The number of hydrogen-bond donors (Lipinski definition) is 5. The van der Waals surface area contributed by atoms with Crippen LogP contribution in [-0.2, 0) is 0 Å². The van der Waals surface area contributed by atoms with Gasteiger partial charge in [0.25, 0.3) is 0 Å². The first-order chi connectivity index (χ1) is 11.2. The fourth-order valence-electron chi connectivity index (χ4n) is 2.77. The number of methoxy groups -OCH3 is 1. The molecule has 5 N–H and O–H groups in total. The van der Waals surface area contributed by atoms with E-state index in [0.717, 1.165) is 6.07 Å². The number of carbonyl (C=O) groups excluding carboxylic acids is 2. The first kappa shape index (κ1) is 15.5. The number of phenols is 5. The van der Waals surface area contributed by atoms with Gasteiger partial charge in [-0.05, 0) is 6.92 Å². The minimum Gasteiger partial charge on any atom is -0.507 e. The first-order valence-corrected chi connectivity index (χ1v) is 6.72. The van der Waals surface area contributed by atoms with E-state index in [0.29, 0.717) is 0 Å². The van der Waals surface area contributed by atoms with Crippen molar-refractivity contribution in [1.29, 1.82) is 0 Å². The molecule has 0 aliphatic heterocycles. The molecule has 2 aromatic rings. The summed E-state index contributed by atoms with van der Waals surface area (Å²) in [6.45, 7) is 1.24. The molecule has 2 aromatic carbocycles. The van der Waals surface area contributed by atoms with Crippen LogP contribution in [0.25, 0.3) is 0 Å². The quantitative estimate of drug-likeness (QED) is 0.331. The van der Waals surface area contributed by atoms with Crippen LogP contribution in [-0.4, -0.2) is 44.2 Å². The highest BCUT2D eigenvalue weighted by atomic mass is 16.5. The van der Waals surface area contributed by atoms with Crippen LogP contribution in [0.15, 0.2) is 6.07 Å². The van der Waals surface area contributed by atoms with Crippen molar-refractivity contribution in [2.45, 2.75) is 6.92 Å². The van der Waals surface area contributed by atoms with Crippen LogP contribution >= 0.6 is 0 Å². The van der Waals surface area contributed by atoms with Gasteiger partial charge in [-0.2, -0.15) is 0 Å². The summed E-state index contributed by atoms with van der Waals surface area (Å²) < 4.78 is 4.83. The van der Waals surface area contributed by atoms with E-state index in [4.69, 9.17) is 4.74 Å². The van der Waals surface area contributed by atoms with Crippen molar-refractivity contribution in [2.75, 3.05) is 7.11 Å². The lowest BCUT2D eigenvalue weighted by molar-refractivity contribution is 0.0968. The lowest BCUT2D eigenvalue weighted by Gasteiger charge is -2.23. The molecule has 24 heavy (non-hydrogen) atoms. The van der Waals surface area contributed by atoms with Crippen LogP contribution in [0.2, 0.25) is 0 Å². The molecule has 3 rings (SSSR count). The van der Waals surface area contributed by atoms with Gasteiger partial charge in [-0.15, -0.1) is 0 Å². The molecule has 0 fully saturated rings. The predicted molar refractivity (Wildman–Crippen MR) is 79.4 cm³/mol. The van der Waals surface area contributed by atoms with Crippen molar-refractivity contribution in [3.63, 3.8) is 0 Å².